The molecule has 0 aromatic heterocycles. The van der Waals surface area contributed by atoms with Gasteiger partial charge in [-0.3, -0.25) is 4.79 Å². The molecule has 1 N–H and O–H groups in total. The molecule has 110 valence electrons. The maximum Gasteiger partial charge on any atom is 0.224 e. The first kappa shape index (κ1) is 15.0. The van der Waals surface area contributed by atoms with E-state index in [-0.39, 0.29) is 5.91 Å². The molecule has 1 aromatic rings. The van der Waals surface area contributed by atoms with Crippen molar-refractivity contribution in [1.82, 2.24) is 10.2 Å². The zero-order valence-electron chi connectivity index (χ0n) is 12.2. The normalized spacial score (nSPS) is 16.1. The summed E-state index contributed by atoms with van der Waals surface area (Å²) in [6.07, 6.45) is 2.56. The van der Waals surface area contributed by atoms with Crippen LogP contribution in [0, 0.1) is 0 Å². The summed E-state index contributed by atoms with van der Waals surface area (Å²) in [6, 6.07) is 10.4. The summed E-state index contributed by atoms with van der Waals surface area (Å²) in [7, 11) is 1.91. The van der Waals surface area contributed by atoms with Crippen LogP contribution in [0.15, 0.2) is 30.3 Å². The van der Waals surface area contributed by atoms with E-state index in [1.807, 2.05) is 42.3 Å². The molecule has 0 spiro atoms. The second kappa shape index (κ2) is 8.02. The lowest BCUT2D eigenvalue weighted by Crippen LogP contribution is -2.44. The molecule has 1 aliphatic heterocycles. The predicted octanol–water partition coefficient (Wildman–Crippen LogP) is 1.80. The fourth-order valence-electron chi connectivity index (χ4n) is 2.50. The number of nitrogens with zero attached hydrogens (tertiary/aromatic N) is 1. The molecule has 0 unspecified atom stereocenters. The van der Waals surface area contributed by atoms with Gasteiger partial charge in [-0.05, 0) is 31.5 Å². The van der Waals surface area contributed by atoms with Gasteiger partial charge in [-0.1, -0.05) is 30.3 Å². The van der Waals surface area contributed by atoms with Gasteiger partial charge in [0.05, 0.1) is 19.6 Å². The Morgan fingerprint density at radius 3 is 2.70 bits per heavy atom. The van der Waals surface area contributed by atoms with Crippen molar-refractivity contribution in [3.05, 3.63) is 35.9 Å². The Balaban J connectivity index is 1.64. The number of nitrogens with one attached hydrogen (secondary N) is 1. The van der Waals surface area contributed by atoms with E-state index in [1.165, 1.54) is 0 Å². The molecule has 2 rings (SSSR count). The van der Waals surface area contributed by atoms with Gasteiger partial charge in [0.1, 0.15) is 0 Å². The third kappa shape index (κ3) is 4.62. The van der Waals surface area contributed by atoms with Gasteiger partial charge in [-0.25, -0.2) is 0 Å². The average Bonchev–Trinajstić information content (AvgIpc) is 2.52. The van der Waals surface area contributed by atoms with Crippen LogP contribution >= 0.6 is 0 Å². The molecule has 1 fully saturated rings. The van der Waals surface area contributed by atoms with E-state index in [2.05, 4.69) is 5.32 Å². The highest BCUT2D eigenvalue weighted by molar-refractivity contribution is 5.76. The van der Waals surface area contributed by atoms with Crippen LogP contribution in [0.1, 0.15) is 24.8 Å². The van der Waals surface area contributed by atoms with Gasteiger partial charge in [0.15, 0.2) is 0 Å². The van der Waals surface area contributed by atoms with Gasteiger partial charge in [0.25, 0.3) is 0 Å². The summed E-state index contributed by atoms with van der Waals surface area (Å²) in [5.74, 6) is 0.185. The van der Waals surface area contributed by atoms with Crippen molar-refractivity contribution in [2.45, 2.75) is 31.9 Å². The smallest absolute Gasteiger partial charge is 0.224 e. The monoisotopic (exact) mass is 276 g/mol. The highest BCUT2D eigenvalue weighted by Crippen LogP contribution is 2.11. The molecule has 4 nitrogen and oxygen atoms in total. The number of carbonyl (C=O) groups is 1. The van der Waals surface area contributed by atoms with Gasteiger partial charge >= 0.3 is 0 Å². The molecule has 20 heavy (non-hydrogen) atoms. The van der Waals surface area contributed by atoms with Crippen molar-refractivity contribution in [1.29, 1.82) is 0 Å². The number of hydrogen-bond donors (Lipinski definition) is 1. The standard InChI is InChI=1S/C16H24N2O2/c1-18(15-7-10-17-11-8-15)16(19)9-12-20-13-14-5-3-2-4-6-14/h2-6,15,17H,7-13H2,1H3. The Morgan fingerprint density at radius 1 is 1.30 bits per heavy atom. The van der Waals surface area contributed by atoms with E-state index in [9.17, 15) is 4.79 Å². The van der Waals surface area contributed by atoms with E-state index >= 15 is 0 Å². The van der Waals surface area contributed by atoms with Crippen molar-refractivity contribution < 1.29 is 9.53 Å². The maximum atomic E-state index is 12.1. The molecule has 1 heterocycles. The molecular weight excluding hydrogens is 252 g/mol. The number of carbonyl (C=O) groups excluding carboxylic acids is 1. The topological polar surface area (TPSA) is 41.6 Å². The first-order valence-corrected chi connectivity index (χ1v) is 7.35. The second-order valence-corrected chi connectivity index (χ2v) is 5.27. The van der Waals surface area contributed by atoms with Crippen LogP contribution in [0.4, 0.5) is 0 Å². The molecule has 0 aliphatic carbocycles. The quantitative estimate of drug-likeness (QED) is 0.806. The number of amides is 1. The predicted molar refractivity (Wildman–Crippen MR) is 79.4 cm³/mol. The van der Waals surface area contributed by atoms with Crippen molar-refractivity contribution >= 4 is 5.91 Å². The second-order valence-electron chi connectivity index (χ2n) is 5.27. The van der Waals surface area contributed by atoms with Crippen molar-refractivity contribution in [2.75, 3.05) is 26.7 Å². The average molecular weight is 276 g/mol. The SMILES string of the molecule is CN(C(=O)CCOCc1ccccc1)C1CCNCC1. The third-order valence-corrected chi connectivity index (χ3v) is 3.82. The summed E-state index contributed by atoms with van der Waals surface area (Å²) in [4.78, 5) is 14.0. The Morgan fingerprint density at radius 2 is 2.00 bits per heavy atom. The molecule has 0 saturated carbocycles. The van der Waals surface area contributed by atoms with E-state index in [1.54, 1.807) is 0 Å². The highest BCUT2D eigenvalue weighted by Gasteiger charge is 2.21. The number of benzene rings is 1. The number of piperidine rings is 1. The molecule has 1 saturated heterocycles. The van der Waals surface area contributed by atoms with Crippen molar-refractivity contribution in [3.8, 4) is 0 Å². The summed E-state index contributed by atoms with van der Waals surface area (Å²) in [5, 5.41) is 3.32. The van der Waals surface area contributed by atoms with Crippen molar-refractivity contribution in [2.24, 2.45) is 0 Å². The first-order chi connectivity index (χ1) is 9.77. The molecule has 1 aliphatic rings. The van der Waals surface area contributed by atoms with Crippen LogP contribution < -0.4 is 5.32 Å². The fourth-order valence-corrected chi connectivity index (χ4v) is 2.50. The largest absolute Gasteiger partial charge is 0.376 e. The van der Waals surface area contributed by atoms with Crippen LogP contribution in [0.25, 0.3) is 0 Å². The Bertz CT molecular complexity index is 402. The Kier molecular flexibility index (Phi) is 6.02. The van der Waals surface area contributed by atoms with E-state index in [4.69, 9.17) is 4.74 Å². The van der Waals surface area contributed by atoms with E-state index in [0.29, 0.717) is 25.7 Å². The number of ether oxygens (including phenoxy) is 1. The lowest BCUT2D eigenvalue weighted by Gasteiger charge is -2.31. The van der Waals surface area contributed by atoms with Crippen LogP contribution in [-0.4, -0.2) is 43.6 Å². The molecule has 1 amide bonds. The minimum absolute atomic E-state index is 0.185. The Labute approximate surface area is 121 Å². The van der Waals surface area contributed by atoms with E-state index in [0.717, 1.165) is 31.5 Å². The van der Waals surface area contributed by atoms with Gasteiger partial charge < -0.3 is 15.0 Å². The third-order valence-electron chi connectivity index (χ3n) is 3.82. The lowest BCUT2D eigenvalue weighted by atomic mass is 10.1. The summed E-state index contributed by atoms with van der Waals surface area (Å²) in [6.45, 7) is 3.08. The molecular formula is C16H24N2O2. The fraction of sp³-hybridized carbons (Fsp3) is 0.562. The Hall–Kier alpha value is -1.39. The lowest BCUT2D eigenvalue weighted by molar-refractivity contribution is -0.133. The van der Waals surface area contributed by atoms with Gasteiger partial charge in [-0.2, -0.15) is 0 Å². The van der Waals surface area contributed by atoms with Crippen LogP contribution in [-0.2, 0) is 16.1 Å². The van der Waals surface area contributed by atoms with Gasteiger partial charge in [-0.15, -0.1) is 0 Å². The summed E-state index contributed by atoms with van der Waals surface area (Å²) in [5.41, 5.74) is 1.15. The minimum Gasteiger partial charge on any atom is -0.376 e. The summed E-state index contributed by atoms with van der Waals surface area (Å²) >= 11 is 0. The zero-order valence-corrected chi connectivity index (χ0v) is 12.2. The summed E-state index contributed by atoms with van der Waals surface area (Å²) < 4.78 is 5.57. The van der Waals surface area contributed by atoms with Crippen LogP contribution in [0.3, 0.4) is 0 Å². The molecule has 0 radical (unpaired) electrons. The van der Waals surface area contributed by atoms with Crippen LogP contribution in [0.2, 0.25) is 0 Å². The number of rotatable bonds is 6. The van der Waals surface area contributed by atoms with Crippen molar-refractivity contribution in [3.63, 3.8) is 0 Å². The zero-order chi connectivity index (χ0) is 14.2. The van der Waals surface area contributed by atoms with Gasteiger partial charge in [0, 0.05) is 13.1 Å². The van der Waals surface area contributed by atoms with E-state index < -0.39 is 0 Å². The molecule has 4 heteroatoms. The molecule has 0 bridgehead atoms. The van der Waals surface area contributed by atoms with Crippen LogP contribution in [0.5, 0.6) is 0 Å². The molecule has 0 atom stereocenters. The first-order valence-electron chi connectivity index (χ1n) is 7.35. The number of hydrogen-bond acceptors (Lipinski definition) is 3. The van der Waals surface area contributed by atoms with Gasteiger partial charge in [0.2, 0.25) is 5.91 Å². The highest BCUT2D eigenvalue weighted by atomic mass is 16.5. The maximum absolute atomic E-state index is 12.1. The minimum atomic E-state index is 0.185. The molecule has 1 aromatic carbocycles.